The summed E-state index contributed by atoms with van der Waals surface area (Å²) >= 11 is 0. The van der Waals surface area contributed by atoms with E-state index in [2.05, 4.69) is 10.3 Å². The zero-order chi connectivity index (χ0) is 16.8. The third kappa shape index (κ3) is 4.07. The maximum absolute atomic E-state index is 13.4. The van der Waals surface area contributed by atoms with E-state index in [1.165, 1.54) is 6.07 Å². The quantitative estimate of drug-likeness (QED) is 0.692. The first-order valence-corrected chi connectivity index (χ1v) is 7.74. The van der Waals surface area contributed by atoms with Gasteiger partial charge in [-0.2, -0.15) is 0 Å². The van der Waals surface area contributed by atoms with Crippen LogP contribution >= 0.6 is 0 Å². The second kappa shape index (κ2) is 7.55. The van der Waals surface area contributed by atoms with Crippen LogP contribution in [-0.4, -0.2) is 17.5 Å². The van der Waals surface area contributed by atoms with Crippen LogP contribution in [0, 0.1) is 5.82 Å². The SMILES string of the molecule is O=C(CCCOc1ccccc1F)Nc1cnc2ccccc2c1. The number of benzene rings is 2. The molecular weight excluding hydrogens is 307 g/mol. The summed E-state index contributed by atoms with van der Waals surface area (Å²) in [6, 6.07) is 15.8. The van der Waals surface area contributed by atoms with Crippen LogP contribution in [0.5, 0.6) is 5.75 Å². The number of amides is 1. The molecule has 0 aliphatic heterocycles. The molecule has 1 heterocycles. The number of hydrogen-bond acceptors (Lipinski definition) is 3. The second-order valence-electron chi connectivity index (χ2n) is 5.35. The Labute approximate surface area is 139 Å². The lowest BCUT2D eigenvalue weighted by Crippen LogP contribution is -2.13. The van der Waals surface area contributed by atoms with Gasteiger partial charge in [0.05, 0.1) is 24.0 Å². The lowest BCUT2D eigenvalue weighted by atomic mass is 10.2. The Morgan fingerprint density at radius 1 is 1.12 bits per heavy atom. The first-order chi connectivity index (χ1) is 11.7. The molecule has 0 saturated carbocycles. The lowest BCUT2D eigenvalue weighted by molar-refractivity contribution is -0.116. The molecule has 0 unspecified atom stereocenters. The van der Waals surface area contributed by atoms with Gasteiger partial charge >= 0.3 is 0 Å². The average molecular weight is 324 g/mol. The largest absolute Gasteiger partial charge is 0.491 e. The third-order valence-corrected chi connectivity index (χ3v) is 3.52. The fraction of sp³-hybridized carbons (Fsp3) is 0.158. The van der Waals surface area contributed by atoms with Crippen LogP contribution in [-0.2, 0) is 4.79 Å². The number of nitrogens with one attached hydrogen (secondary N) is 1. The molecule has 24 heavy (non-hydrogen) atoms. The molecule has 1 amide bonds. The van der Waals surface area contributed by atoms with E-state index in [1.54, 1.807) is 24.4 Å². The summed E-state index contributed by atoms with van der Waals surface area (Å²) in [5, 5.41) is 3.78. The molecule has 0 fully saturated rings. The molecule has 1 N–H and O–H groups in total. The van der Waals surface area contributed by atoms with Gasteiger partial charge in [-0.15, -0.1) is 0 Å². The molecular formula is C19H17FN2O2. The van der Waals surface area contributed by atoms with Crippen LogP contribution < -0.4 is 10.1 Å². The number of carbonyl (C=O) groups excluding carboxylic acids is 1. The van der Waals surface area contributed by atoms with Crippen molar-refractivity contribution < 1.29 is 13.9 Å². The summed E-state index contributed by atoms with van der Waals surface area (Å²) < 4.78 is 18.7. The van der Waals surface area contributed by atoms with Gasteiger partial charge in [-0.25, -0.2) is 4.39 Å². The Morgan fingerprint density at radius 3 is 2.79 bits per heavy atom. The van der Waals surface area contributed by atoms with Crippen molar-refractivity contribution >= 4 is 22.5 Å². The van der Waals surface area contributed by atoms with Gasteiger partial charge in [0.2, 0.25) is 5.91 Å². The average Bonchev–Trinajstić information content (AvgIpc) is 2.60. The molecule has 0 bridgehead atoms. The van der Waals surface area contributed by atoms with Crippen molar-refractivity contribution in [3.8, 4) is 5.75 Å². The number of hydrogen-bond donors (Lipinski definition) is 1. The summed E-state index contributed by atoms with van der Waals surface area (Å²) in [7, 11) is 0. The zero-order valence-electron chi connectivity index (χ0n) is 13.0. The predicted molar refractivity (Wildman–Crippen MR) is 91.5 cm³/mol. The maximum Gasteiger partial charge on any atom is 0.224 e. The van der Waals surface area contributed by atoms with E-state index in [0.717, 1.165) is 10.9 Å². The molecule has 3 rings (SSSR count). The van der Waals surface area contributed by atoms with Gasteiger partial charge in [0.1, 0.15) is 0 Å². The molecule has 0 aliphatic carbocycles. The second-order valence-corrected chi connectivity index (χ2v) is 5.35. The van der Waals surface area contributed by atoms with Gasteiger partial charge in [-0.1, -0.05) is 30.3 Å². The standard InChI is InChI=1S/C19H17FN2O2/c20-16-7-2-4-9-18(16)24-11-5-10-19(23)22-15-12-14-6-1-3-8-17(14)21-13-15/h1-4,6-9,12-13H,5,10-11H2,(H,22,23). The molecule has 4 nitrogen and oxygen atoms in total. The van der Waals surface area contributed by atoms with Crippen molar-refractivity contribution in [3.05, 3.63) is 66.6 Å². The minimum atomic E-state index is -0.399. The summed E-state index contributed by atoms with van der Waals surface area (Å²) in [6.45, 7) is 0.282. The number of nitrogens with zero attached hydrogens (tertiary/aromatic N) is 1. The topological polar surface area (TPSA) is 51.2 Å². The number of ether oxygens (including phenoxy) is 1. The predicted octanol–water partition coefficient (Wildman–Crippen LogP) is 4.17. The van der Waals surface area contributed by atoms with Gasteiger partial charge in [0, 0.05) is 11.8 Å². The van der Waals surface area contributed by atoms with E-state index in [4.69, 9.17) is 4.74 Å². The van der Waals surface area contributed by atoms with E-state index in [9.17, 15) is 9.18 Å². The highest BCUT2D eigenvalue weighted by Crippen LogP contribution is 2.17. The number of halogens is 1. The fourth-order valence-electron chi connectivity index (χ4n) is 2.34. The van der Waals surface area contributed by atoms with E-state index in [1.807, 2.05) is 30.3 Å². The number of pyridine rings is 1. The van der Waals surface area contributed by atoms with Gasteiger partial charge in [0.25, 0.3) is 0 Å². The number of aromatic nitrogens is 1. The van der Waals surface area contributed by atoms with E-state index < -0.39 is 5.82 Å². The summed E-state index contributed by atoms with van der Waals surface area (Å²) in [4.78, 5) is 16.3. The number of fused-ring (bicyclic) bond motifs is 1. The Balaban J connectivity index is 1.47. The van der Waals surface area contributed by atoms with E-state index in [-0.39, 0.29) is 18.3 Å². The Bertz CT molecular complexity index is 851. The van der Waals surface area contributed by atoms with Gasteiger partial charge in [0.15, 0.2) is 11.6 Å². The Kier molecular flexibility index (Phi) is 5.01. The Hall–Kier alpha value is -2.95. The summed E-state index contributed by atoms with van der Waals surface area (Å²) in [5.41, 5.74) is 1.54. The number of anilines is 1. The van der Waals surface area contributed by atoms with Crippen molar-refractivity contribution in [2.45, 2.75) is 12.8 Å². The molecule has 0 saturated heterocycles. The zero-order valence-corrected chi connectivity index (χ0v) is 13.0. The first kappa shape index (κ1) is 15.9. The molecule has 2 aromatic carbocycles. The van der Waals surface area contributed by atoms with Crippen molar-refractivity contribution in [1.29, 1.82) is 0 Å². The highest BCUT2D eigenvalue weighted by Gasteiger charge is 2.05. The fourth-order valence-corrected chi connectivity index (χ4v) is 2.34. The highest BCUT2D eigenvalue weighted by molar-refractivity contribution is 5.93. The number of carbonyl (C=O) groups is 1. The molecule has 0 radical (unpaired) electrons. The monoisotopic (exact) mass is 324 g/mol. The summed E-state index contributed by atoms with van der Waals surface area (Å²) in [6.07, 6.45) is 2.43. The minimum Gasteiger partial charge on any atom is -0.491 e. The molecule has 0 aliphatic rings. The van der Waals surface area contributed by atoms with Crippen LogP contribution in [0.1, 0.15) is 12.8 Å². The highest BCUT2D eigenvalue weighted by atomic mass is 19.1. The molecule has 5 heteroatoms. The molecule has 122 valence electrons. The maximum atomic E-state index is 13.4. The van der Waals surface area contributed by atoms with Gasteiger partial charge in [-0.3, -0.25) is 9.78 Å². The first-order valence-electron chi connectivity index (χ1n) is 7.74. The third-order valence-electron chi connectivity index (χ3n) is 3.52. The van der Waals surface area contributed by atoms with Gasteiger partial charge < -0.3 is 10.1 Å². The number of rotatable bonds is 6. The van der Waals surface area contributed by atoms with Crippen LogP contribution in [0.25, 0.3) is 10.9 Å². The van der Waals surface area contributed by atoms with Crippen LogP contribution in [0.15, 0.2) is 60.8 Å². The van der Waals surface area contributed by atoms with Crippen LogP contribution in [0.4, 0.5) is 10.1 Å². The van der Waals surface area contributed by atoms with Crippen LogP contribution in [0.2, 0.25) is 0 Å². The minimum absolute atomic E-state index is 0.121. The van der Waals surface area contributed by atoms with Crippen LogP contribution in [0.3, 0.4) is 0 Å². The number of para-hydroxylation sites is 2. The lowest BCUT2D eigenvalue weighted by Gasteiger charge is -2.08. The van der Waals surface area contributed by atoms with Crippen molar-refractivity contribution in [1.82, 2.24) is 4.98 Å². The normalized spacial score (nSPS) is 10.5. The molecule has 1 aromatic heterocycles. The van der Waals surface area contributed by atoms with E-state index >= 15 is 0 Å². The molecule has 3 aromatic rings. The van der Waals surface area contributed by atoms with Crippen molar-refractivity contribution in [2.75, 3.05) is 11.9 Å². The van der Waals surface area contributed by atoms with E-state index in [0.29, 0.717) is 18.5 Å². The van der Waals surface area contributed by atoms with Gasteiger partial charge in [-0.05, 0) is 30.7 Å². The summed E-state index contributed by atoms with van der Waals surface area (Å²) in [5.74, 6) is -0.315. The Morgan fingerprint density at radius 2 is 1.92 bits per heavy atom. The van der Waals surface area contributed by atoms with Crippen molar-refractivity contribution in [2.24, 2.45) is 0 Å². The smallest absolute Gasteiger partial charge is 0.224 e. The molecule has 0 atom stereocenters. The van der Waals surface area contributed by atoms with Crippen molar-refractivity contribution in [3.63, 3.8) is 0 Å². The molecule has 0 spiro atoms.